The number of nitrogens with zero attached hydrogens (tertiary/aromatic N) is 1. The van der Waals surface area contributed by atoms with Crippen LogP contribution in [0.4, 0.5) is 11.4 Å². The number of rotatable bonds is 5. The minimum absolute atomic E-state index is 0.139. The van der Waals surface area contributed by atoms with E-state index in [0.29, 0.717) is 11.3 Å². The van der Waals surface area contributed by atoms with E-state index >= 15 is 0 Å². The molecule has 0 saturated carbocycles. The maximum Gasteiger partial charge on any atom is 0.339 e. The van der Waals surface area contributed by atoms with Gasteiger partial charge in [-0.3, -0.25) is 14.9 Å². The van der Waals surface area contributed by atoms with Gasteiger partial charge in [-0.1, -0.05) is 0 Å². The lowest BCUT2D eigenvalue weighted by molar-refractivity contribution is -0.385. The summed E-state index contributed by atoms with van der Waals surface area (Å²) in [5.41, 5.74) is 0.598. The second-order valence-corrected chi connectivity index (χ2v) is 6.49. The molecule has 1 amide bonds. The minimum atomic E-state index is -4.15. The fourth-order valence-corrected chi connectivity index (χ4v) is 2.84. The van der Waals surface area contributed by atoms with E-state index in [0.717, 1.165) is 6.07 Å². The van der Waals surface area contributed by atoms with E-state index in [2.05, 4.69) is 5.32 Å². The van der Waals surface area contributed by atoms with Gasteiger partial charge in [-0.15, -0.1) is 0 Å². The number of hydrogen-bond acceptors (Lipinski definition) is 6. The number of carbonyl (C=O) groups is 1. The van der Waals surface area contributed by atoms with Crippen molar-refractivity contribution in [2.45, 2.75) is 18.7 Å². The number of nitro groups is 1. The van der Waals surface area contributed by atoms with Crippen molar-refractivity contribution < 1.29 is 22.3 Å². The maximum absolute atomic E-state index is 12.2. The molecule has 2 rings (SSSR count). The van der Waals surface area contributed by atoms with Crippen molar-refractivity contribution >= 4 is 27.4 Å². The van der Waals surface area contributed by atoms with E-state index < -0.39 is 15.0 Å². The van der Waals surface area contributed by atoms with E-state index in [-0.39, 0.29) is 22.2 Å². The molecule has 0 fully saturated rings. The Kier molecular flexibility index (Phi) is 4.84. The molecule has 0 aliphatic heterocycles. The molecular weight excluding hydrogens is 336 g/mol. The van der Waals surface area contributed by atoms with Crippen LogP contribution in [0.1, 0.15) is 12.5 Å². The van der Waals surface area contributed by atoms with Crippen molar-refractivity contribution in [3.63, 3.8) is 0 Å². The smallest absolute Gasteiger partial charge is 0.339 e. The molecule has 8 nitrogen and oxygen atoms in total. The third kappa shape index (κ3) is 4.07. The van der Waals surface area contributed by atoms with Crippen LogP contribution < -0.4 is 9.50 Å². The van der Waals surface area contributed by atoms with Gasteiger partial charge in [0.15, 0.2) is 0 Å². The molecule has 0 aliphatic carbocycles. The van der Waals surface area contributed by atoms with Gasteiger partial charge in [0.1, 0.15) is 10.6 Å². The molecule has 0 aromatic heterocycles. The zero-order valence-electron chi connectivity index (χ0n) is 12.8. The fraction of sp³-hybridized carbons (Fsp3) is 0.133. The molecule has 0 spiro atoms. The Labute approximate surface area is 138 Å². The standard InChI is InChI=1S/C15H14N2O6S/c1-10-3-6-13(9-15(10)17(19)20)23-24(21,22)14-7-4-12(5-8-14)16-11(2)18/h3-9H,1-2H3,(H,16,18). The highest BCUT2D eigenvalue weighted by Crippen LogP contribution is 2.26. The molecular formula is C15H14N2O6S. The number of carbonyl (C=O) groups excluding carboxylic acids is 1. The summed E-state index contributed by atoms with van der Waals surface area (Å²) in [6.07, 6.45) is 0. The number of aryl methyl sites for hydroxylation is 1. The first-order valence-corrected chi connectivity index (χ1v) is 8.17. The summed E-state index contributed by atoms with van der Waals surface area (Å²) in [5, 5.41) is 13.4. The van der Waals surface area contributed by atoms with E-state index in [1.54, 1.807) is 0 Å². The Morgan fingerprint density at radius 3 is 2.33 bits per heavy atom. The van der Waals surface area contributed by atoms with Crippen molar-refractivity contribution in [3.05, 3.63) is 58.1 Å². The number of amides is 1. The van der Waals surface area contributed by atoms with Crippen LogP contribution in [-0.4, -0.2) is 19.2 Å². The SMILES string of the molecule is CC(=O)Nc1ccc(S(=O)(=O)Oc2ccc(C)c([N+](=O)[O-])c2)cc1. The molecule has 0 radical (unpaired) electrons. The van der Waals surface area contributed by atoms with Crippen LogP contribution >= 0.6 is 0 Å². The number of anilines is 1. The van der Waals surface area contributed by atoms with E-state index in [1.807, 2.05) is 0 Å². The number of nitrogens with one attached hydrogen (secondary N) is 1. The topological polar surface area (TPSA) is 116 Å². The molecule has 1 N–H and O–H groups in total. The molecule has 0 bridgehead atoms. The zero-order chi connectivity index (χ0) is 17.9. The molecule has 0 aliphatic rings. The highest BCUT2D eigenvalue weighted by atomic mass is 32.2. The van der Waals surface area contributed by atoms with Gasteiger partial charge in [0, 0.05) is 18.2 Å². The maximum atomic E-state index is 12.2. The van der Waals surface area contributed by atoms with Gasteiger partial charge >= 0.3 is 10.1 Å². The molecule has 0 unspecified atom stereocenters. The lowest BCUT2D eigenvalue weighted by Gasteiger charge is -2.08. The monoisotopic (exact) mass is 350 g/mol. The van der Waals surface area contributed by atoms with E-state index in [1.165, 1.54) is 50.2 Å². The lowest BCUT2D eigenvalue weighted by atomic mass is 10.2. The van der Waals surface area contributed by atoms with Crippen LogP contribution in [0.15, 0.2) is 47.4 Å². The third-order valence-corrected chi connectivity index (χ3v) is 4.31. The molecule has 9 heteroatoms. The van der Waals surface area contributed by atoms with Crippen LogP contribution in [0.3, 0.4) is 0 Å². The predicted octanol–water partition coefficient (Wildman–Crippen LogP) is 2.63. The van der Waals surface area contributed by atoms with Crippen molar-refractivity contribution in [3.8, 4) is 5.75 Å². The Hall–Kier alpha value is -2.94. The molecule has 0 saturated heterocycles. The zero-order valence-corrected chi connectivity index (χ0v) is 13.7. The summed E-state index contributed by atoms with van der Waals surface area (Å²) in [6, 6.07) is 9.16. The quantitative estimate of drug-likeness (QED) is 0.503. The predicted molar refractivity (Wildman–Crippen MR) is 86.4 cm³/mol. The Balaban J connectivity index is 2.27. The Morgan fingerprint density at radius 2 is 1.79 bits per heavy atom. The second kappa shape index (κ2) is 6.67. The van der Waals surface area contributed by atoms with E-state index in [9.17, 15) is 23.3 Å². The van der Waals surface area contributed by atoms with Crippen molar-refractivity contribution in [1.82, 2.24) is 0 Å². The first kappa shape index (κ1) is 17.4. The Bertz CT molecular complexity index is 891. The molecule has 0 atom stereocenters. The highest BCUT2D eigenvalue weighted by molar-refractivity contribution is 7.87. The van der Waals surface area contributed by atoms with Crippen LogP contribution in [0.25, 0.3) is 0 Å². The number of hydrogen-bond donors (Lipinski definition) is 1. The molecule has 24 heavy (non-hydrogen) atoms. The molecule has 126 valence electrons. The lowest BCUT2D eigenvalue weighted by Crippen LogP contribution is -2.11. The van der Waals surface area contributed by atoms with Crippen molar-refractivity contribution in [2.24, 2.45) is 0 Å². The largest absolute Gasteiger partial charge is 0.379 e. The summed E-state index contributed by atoms with van der Waals surface area (Å²) in [7, 11) is -4.15. The minimum Gasteiger partial charge on any atom is -0.379 e. The number of nitro benzene ring substituents is 1. The third-order valence-electron chi connectivity index (χ3n) is 3.05. The fourth-order valence-electron chi connectivity index (χ4n) is 1.92. The first-order valence-electron chi connectivity index (χ1n) is 6.76. The number of benzene rings is 2. The summed E-state index contributed by atoms with van der Waals surface area (Å²) >= 11 is 0. The second-order valence-electron chi connectivity index (χ2n) is 4.95. The average molecular weight is 350 g/mol. The normalized spacial score (nSPS) is 10.9. The molecule has 2 aromatic carbocycles. The molecule has 2 aromatic rings. The van der Waals surface area contributed by atoms with Crippen LogP contribution in [0, 0.1) is 17.0 Å². The first-order chi connectivity index (χ1) is 11.2. The van der Waals surface area contributed by atoms with Crippen molar-refractivity contribution in [2.75, 3.05) is 5.32 Å². The van der Waals surface area contributed by atoms with Gasteiger partial charge in [-0.2, -0.15) is 8.42 Å². The van der Waals surface area contributed by atoms with Gasteiger partial charge in [0.2, 0.25) is 5.91 Å². The van der Waals surface area contributed by atoms with Gasteiger partial charge in [0.25, 0.3) is 5.69 Å². The highest BCUT2D eigenvalue weighted by Gasteiger charge is 2.19. The summed E-state index contributed by atoms with van der Waals surface area (Å²) in [5.74, 6) is -0.438. The van der Waals surface area contributed by atoms with Gasteiger partial charge in [0.05, 0.1) is 11.0 Å². The van der Waals surface area contributed by atoms with Crippen molar-refractivity contribution in [1.29, 1.82) is 0 Å². The van der Waals surface area contributed by atoms with Gasteiger partial charge in [-0.05, 0) is 43.3 Å². The van der Waals surface area contributed by atoms with E-state index in [4.69, 9.17) is 4.18 Å². The van der Waals surface area contributed by atoms with Gasteiger partial charge in [-0.25, -0.2) is 0 Å². The van der Waals surface area contributed by atoms with Crippen LogP contribution in [0.5, 0.6) is 5.75 Å². The van der Waals surface area contributed by atoms with Crippen LogP contribution in [0.2, 0.25) is 0 Å². The summed E-state index contributed by atoms with van der Waals surface area (Å²) in [4.78, 5) is 21.1. The Morgan fingerprint density at radius 1 is 1.17 bits per heavy atom. The van der Waals surface area contributed by atoms with Gasteiger partial charge < -0.3 is 9.50 Å². The summed E-state index contributed by atoms with van der Waals surface area (Å²) in [6.45, 7) is 2.87. The average Bonchev–Trinajstić information content (AvgIpc) is 2.48. The summed E-state index contributed by atoms with van der Waals surface area (Å²) < 4.78 is 29.4. The molecule has 0 heterocycles. The van der Waals surface area contributed by atoms with Crippen LogP contribution in [-0.2, 0) is 14.9 Å².